The number of fused-ring (bicyclic) bond motifs is 2. The summed E-state index contributed by atoms with van der Waals surface area (Å²) in [5.41, 5.74) is 1.14. The van der Waals surface area contributed by atoms with Gasteiger partial charge in [-0.05, 0) is 33.2 Å². The van der Waals surface area contributed by atoms with Crippen LogP contribution in [0.5, 0.6) is 0 Å². The fraction of sp³-hybridized carbons (Fsp3) is 0.769. The van der Waals surface area contributed by atoms with E-state index in [4.69, 9.17) is 4.74 Å². The van der Waals surface area contributed by atoms with Crippen molar-refractivity contribution in [3.63, 3.8) is 0 Å². The van der Waals surface area contributed by atoms with E-state index in [9.17, 15) is 0 Å². The van der Waals surface area contributed by atoms with Gasteiger partial charge in [-0.25, -0.2) is 4.98 Å². The Morgan fingerprint density at radius 3 is 3.00 bits per heavy atom. The van der Waals surface area contributed by atoms with Gasteiger partial charge in [0.25, 0.3) is 0 Å². The van der Waals surface area contributed by atoms with E-state index in [1.807, 2.05) is 0 Å². The van der Waals surface area contributed by atoms with Crippen LogP contribution in [0.4, 0.5) is 0 Å². The number of nitrogens with zero attached hydrogens (tertiary/aromatic N) is 1. The largest absolute Gasteiger partial charge is 0.375 e. The van der Waals surface area contributed by atoms with Crippen LogP contribution < -0.4 is 5.32 Å². The van der Waals surface area contributed by atoms with Crippen LogP contribution in [0.15, 0.2) is 5.38 Å². The van der Waals surface area contributed by atoms with E-state index in [2.05, 4.69) is 29.7 Å². The highest BCUT2D eigenvalue weighted by molar-refractivity contribution is 7.09. The first-order chi connectivity index (χ1) is 8.26. The Hall–Kier alpha value is -0.450. The molecule has 0 amide bonds. The van der Waals surface area contributed by atoms with Gasteiger partial charge in [0.1, 0.15) is 0 Å². The molecule has 0 saturated carbocycles. The van der Waals surface area contributed by atoms with Gasteiger partial charge >= 0.3 is 0 Å². The highest BCUT2D eigenvalue weighted by atomic mass is 32.1. The first-order valence-electron chi connectivity index (χ1n) is 6.50. The minimum atomic E-state index is 0.499. The zero-order valence-electron chi connectivity index (χ0n) is 10.5. The Morgan fingerprint density at radius 2 is 2.47 bits per heavy atom. The van der Waals surface area contributed by atoms with Crippen LogP contribution >= 0.6 is 11.3 Å². The van der Waals surface area contributed by atoms with Crippen LogP contribution in [0.25, 0.3) is 0 Å². The Bertz CT molecular complexity index is 393. The number of nitrogens with one attached hydrogen (secondary N) is 1. The number of ether oxygens (including phenoxy) is 1. The van der Waals surface area contributed by atoms with Crippen molar-refractivity contribution >= 4 is 11.3 Å². The van der Waals surface area contributed by atoms with Crippen molar-refractivity contribution in [2.75, 3.05) is 7.05 Å². The third-order valence-corrected chi connectivity index (χ3v) is 5.09. The van der Waals surface area contributed by atoms with Crippen molar-refractivity contribution in [1.82, 2.24) is 10.3 Å². The fourth-order valence-electron chi connectivity index (χ4n) is 3.25. The van der Waals surface area contributed by atoms with E-state index in [1.54, 1.807) is 11.3 Å². The second kappa shape index (κ2) is 4.67. The standard InChI is InChI=1S/C13H20N2OS/c1-8-7-17-13(15-8)6-11(14-2)10-5-9-3-4-12(10)16-9/h7,9-12,14H,3-6H2,1-2H3. The van der Waals surface area contributed by atoms with Gasteiger partial charge in [-0.15, -0.1) is 11.3 Å². The van der Waals surface area contributed by atoms with Gasteiger partial charge in [0.05, 0.1) is 17.2 Å². The molecule has 0 radical (unpaired) electrons. The summed E-state index contributed by atoms with van der Waals surface area (Å²) < 4.78 is 5.95. The first-order valence-corrected chi connectivity index (χ1v) is 7.38. The number of hydrogen-bond acceptors (Lipinski definition) is 4. The van der Waals surface area contributed by atoms with Gasteiger partial charge in [0.2, 0.25) is 0 Å². The van der Waals surface area contributed by atoms with E-state index < -0.39 is 0 Å². The van der Waals surface area contributed by atoms with E-state index in [0.717, 1.165) is 12.1 Å². The highest BCUT2D eigenvalue weighted by Gasteiger charge is 2.43. The Kier molecular flexibility index (Phi) is 3.19. The lowest BCUT2D eigenvalue weighted by molar-refractivity contribution is 0.0863. The molecule has 0 aliphatic carbocycles. The number of aromatic nitrogens is 1. The van der Waals surface area contributed by atoms with E-state index in [-0.39, 0.29) is 0 Å². The van der Waals surface area contributed by atoms with Gasteiger partial charge in [-0.2, -0.15) is 0 Å². The lowest BCUT2D eigenvalue weighted by Gasteiger charge is -2.27. The van der Waals surface area contributed by atoms with Crippen molar-refractivity contribution < 1.29 is 4.74 Å². The van der Waals surface area contributed by atoms with Crippen molar-refractivity contribution in [1.29, 1.82) is 0 Å². The average molecular weight is 252 g/mol. The maximum absolute atomic E-state index is 5.95. The molecule has 2 bridgehead atoms. The third kappa shape index (κ3) is 2.26. The van der Waals surface area contributed by atoms with E-state index in [1.165, 1.54) is 24.3 Å². The molecule has 3 heterocycles. The summed E-state index contributed by atoms with van der Waals surface area (Å²) in [7, 11) is 2.07. The smallest absolute Gasteiger partial charge is 0.0943 e. The zero-order valence-corrected chi connectivity index (χ0v) is 11.3. The molecular formula is C13H20N2OS. The van der Waals surface area contributed by atoms with Gasteiger partial charge in [-0.1, -0.05) is 0 Å². The third-order valence-electron chi connectivity index (χ3n) is 4.10. The molecule has 0 spiro atoms. The summed E-state index contributed by atoms with van der Waals surface area (Å²) in [5.74, 6) is 0.683. The lowest BCUT2D eigenvalue weighted by Crippen LogP contribution is -2.40. The monoisotopic (exact) mass is 252 g/mol. The summed E-state index contributed by atoms with van der Waals surface area (Å²) in [6.45, 7) is 2.06. The molecule has 4 heteroatoms. The zero-order chi connectivity index (χ0) is 11.8. The average Bonchev–Trinajstić information content (AvgIpc) is 3.01. The summed E-state index contributed by atoms with van der Waals surface area (Å²) in [6, 6.07) is 0.524. The molecule has 94 valence electrons. The predicted molar refractivity (Wildman–Crippen MR) is 69.4 cm³/mol. The Balaban J connectivity index is 1.67. The Morgan fingerprint density at radius 1 is 1.59 bits per heavy atom. The van der Waals surface area contributed by atoms with Crippen LogP contribution in [-0.4, -0.2) is 30.3 Å². The number of likely N-dealkylation sites (N-methyl/N-ethyl adjacent to an activating group) is 1. The lowest BCUT2D eigenvalue weighted by atomic mass is 9.83. The molecule has 2 fully saturated rings. The SMILES string of the molecule is CNC(Cc1nc(C)cs1)C1CC2CCC1O2. The molecule has 17 heavy (non-hydrogen) atoms. The molecule has 1 N–H and O–H groups in total. The number of rotatable bonds is 4. The molecule has 4 atom stereocenters. The van der Waals surface area contributed by atoms with Crippen molar-refractivity contribution in [3.05, 3.63) is 16.1 Å². The molecule has 2 aliphatic heterocycles. The predicted octanol–water partition coefficient (Wildman–Crippen LogP) is 2.15. The van der Waals surface area contributed by atoms with Gasteiger partial charge in [-0.3, -0.25) is 0 Å². The first kappa shape index (κ1) is 11.6. The van der Waals surface area contributed by atoms with Crippen LogP contribution in [0.3, 0.4) is 0 Å². The Labute approximate surface area is 107 Å². The molecule has 2 aliphatic rings. The van der Waals surface area contributed by atoms with Crippen LogP contribution in [-0.2, 0) is 11.2 Å². The second-order valence-electron chi connectivity index (χ2n) is 5.26. The molecule has 3 nitrogen and oxygen atoms in total. The number of thiazole rings is 1. The molecule has 0 aromatic carbocycles. The highest BCUT2D eigenvalue weighted by Crippen LogP contribution is 2.41. The van der Waals surface area contributed by atoms with Crippen molar-refractivity contribution in [3.8, 4) is 0 Å². The summed E-state index contributed by atoms with van der Waals surface area (Å²) in [6.07, 6.45) is 5.85. The summed E-state index contributed by atoms with van der Waals surface area (Å²) >= 11 is 1.78. The number of hydrogen-bond donors (Lipinski definition) is 1. The molecule has 2 saturated heterocycles. The van der Waals surface area contributed by atoms with Gasteiger partial charge in [0.15, 0.2) is 0 Å². The molecule has 4 unspecified atom stereocenters. The van der Waals surface area contributed by atoms with Crippen molar-refractivity contribution in [2.24, 2.45) is 5.92 Å². The molecule has 1 aromatic heterocycles. The maximum Gasteiger partial charge on any atom is 0.0943 e. The second-order valence-corrected chi connectivity index (χ2v) is 6.20. The molecular weight excluding hydrogens is 232 g/mol. The van der Waals surface area contributed by atoms with Gasteiger partial charge in [0, 0.05) is 29.5 Å². The topological polar surface area (TPSA) is 34.2 Å². The van der Waals surface area contributed by atoms with Crippen molar-refractivity contribution in [2.45, 2.75) is 50.9 Å². The molecule has 3 rings (SSSR count). The minimum Gasteiger partial charge on any atom is -0.375 e. The number of aryl methyl sites for hydroxylation is 1. The normalized spacial score (nSPS) is 33.2. The van der Waals surface area contributed by atoms with E-state index in [0.29, 0.717) is 24.2 Å². The van der Waals surface area contributed by atoms with Crippen LogP contribution in [0.1, 0.15) is 30.0 Å². The van der Waals surface area contributed by atoms with Gasteiger partial charge < -0.3 is 10.1 Å². The van der Waals surface area contributed by atoms with Crippen LogP contribution in [0, 0.1) is 12.8 Å². The quantitative estimate of drug-likeness (QED) is 0.891. The maximum atomic E-state index is 5.95. The minimum absolute atomic E-state index is 0.499. The summed E-state index contributed by atoms with van der Waals surface area (Å²) in [4.78, 5) is 4.57. The molecule has 1 aromatic rings. The van der Waals surface area contributed by atoms with E-state index >= 15 is 0 Å². The summed E-state index contributed by atoms with van der Waals surface area (Å²) in [5, 5.41) is 6.87. The fourth-order valence-corrected chi connectivity index (χ4v) is 4.08. The van der Waals surface area contributed by atoms with Crippen LogP contribution in [0.2, 0.25) is 0 Å².